The first kappa shape index (κ1) is 14.7. The standard InChI is InChI=1S/C14H19N5O3/c1-10-7-12(22-16-10)8-14(20)19-5-3-18(4-6-19)9-13-15-11(2)21-17-13/h7H,3-6,8-9H2,1-2H3. The van der Waals surface area contributed by atoms with E-state index in [1.165, 1.54) is 0 Å². The van der Waals surface area contributed by atoms with Gasteiger partial charge in [-0.05, 0) is 6.92 Å². The molecule has 0 atom stereocenters. The van der Waals surface area contributed by atoms with Crippen LogP contribution in [0.3, 0.4) is 0 Å². The number of amides is 1. The van der Waals surface area contributed by atoms with Crippen molar-refractivity contribution < 1.29 is 13.8 Å². The largest absolute Gasteiger partial charge is 0.361 e. The van der Waals surface area contributed by atoms with E-state index in [4.69, 9.17) is 9.05 Å². The number of aromatic nitrogens is 3. The van der Waals surface area contributed by atoms with Crippen molar-refractivity contribution in [3.05, 3.63) is 29.2 Å². The molecule has 1 aliphatic rings. The zero-order valence-corrected chi connectivity index (χ0v) is 12.8. The van der Waals surface area contributed by atoms with Crippen molar-refractivity contribution in [3.63, 3.8) is 0 Å². The van der Waals surface area contributed by atoms with Gasteiger partial charge in [0.1, 0.15) is 5.76 Å². The normalized spacial score (nSPS) is 16.2. The van der Waals surface area contributed by atoms with Crippen molar-refractivity contribution in [1.29, 1.82) is 0 Å². The first-order valence-corrected chi connectivity index (χ1v) is 7.31. The van der Waals surface area contributed by atoms with Crippen molar-refractivity contribution in [3.8, 4) is 0 Å². The number of carbonyl (C=O) groups is 1. The summed E-state index contributed by atoms with van der Waals surface area (Å²) in [6.45, 7) is 7.27. The second kappa shape index (κ2) is 6.27. The molecular weight excluding hydrogens is 286 g/mol. The van der Waals surface area contributed by atoms with Crippen LogP contribution in [0.2, 0.25) is 0 Å². The summed E-state index contributed by atoms with van der Waals surface area (Å²) in [5, 5.41) is 7.69. The first-order chi connectivity index (χ1) is 10.6. The Balaban J connectivity index is 1.47. The van der Waals surface area contributed by atoms with E-state index in [9.17, 15) is 4.79 Å². The molecular formula is C14H19N5O3. The molecule has 0 bridgehead atoms. The van der Waals surface area contributed by atoms with Gasteiger partial charge in [0, 0.05) is 39.2 Å². The summed E-state index contributed by atoms with van der Waals surface area (Å²) in [5.74, 6) is 1.96. The molecule has 0 aromatic carbocycles. The minimum Gasteiger partial charge on any atom is -0.361 e. The summed E-state index contributed by atoms with van der Waals surface area (Å²) < 4.78 is 10.1. The SMILES string of the molecule is Cc1cc(CC(=O)N2CCN(Cc3noc(C)n3)CC2)on1. The first-order valence-electron chi connectivity index (χ1n) is 7.31. The van der Waals surface area contributed by atoms with Gasteiger partial charge in [0.25, 0.3) is 0 Å². The lowest BCUT2D eigenvalue weighted by Gasteiger charge is -2.33. The molecule has 0 unspecified atom stereocenters. The lowest BCUT2D eigenvalue weighted by Crippen LogP contribution is -2.48. The Bertz CT molecular complexity index is 642. The second-order valence-electron chi connectivity index (χ2n) is 5.50. The summed E-state index contributed by atoms with van der Waals surface area (Å²) in [6.07, 6.45) is 0.269. The van der Waals surface area contributed by atoms with Crippen LogP contribution in [0.1, 0.15) is 23.2 Å². The fourth-order valence-corrected chi connectivity index (χ4v) is 2.52. The molecule has 0 radical (unpaired) electrons. The van der Waals surface area contributed by atoms with E-state index in [1.807, 2.05) is 11.8 Å². The van der Waals surface area contributed by atoms with Crippen LogP contribution < -0.4 is 0 Å². The van der Waals surface area contributed by atoms with E-state index in [0.717, 1.165) is 18.8 Å². The Morgan fingerprint density at radius 3 is 2.55 bits per heavy atom. The van der Waals surface area contributed by atoms with Gasteiger partial charge in [-0.15, -0.1) is 0 Å². The molecule has 0 N–H and O–H groups in total. The van der Waals surface area contributed by atoms with E-state index in [1.54, 1.807) is 13.0 Å². The number of nitrogens with zero attached hydrogens (tertiary/aromatic N) is 5. The third kappa shape index (κ3) is 3.51. The Kier molecular flexibility index (Phi) is 4.19. The molecule has 22 heavy (non-hydrogen) atoms. The highest BCUT2D eigenvalue weighted by Gasteiger charge is 2.23. The minimum atomic E-state index is 0.0752. The molecule has 2 aromatic heterocycles. The fraction of sp³-hybridized carbons (Fsp3) is 0.571. The molecule has 0 aliphatic carbocycles. The van der Waals surface area contributed by atoms with Crippen LogP contribution in [0.4, 0.5) is 0 Å². The van der Waals surface area contributed by atoms with Crippen molar-refractivity contribution in [2.75, 3.05) is 26.2 Å². The van der Waals surface area contributed by atoms with Crippen molar-refractivity contribution in [1.82, 2.24) is 25.1 Å². The number of carbonyl (C=O) groups excluding carboxylic acids is 1. The van der Waals surface area contributed by atoms with Gasteiger partial charge < -0.3 is 13.9 Å². The Hall–Kier alpha value is -2.22. The lowest BCUT2D eigenvalue weighted by molar-refractivity contribution is -0.132. The smallest absolute Gasteiger partial charge is 0.230 e. The molecule has 2 aromatic rings. The summed E-state index contributed by atoms with van der Waals surface area (Å²) >= 11 is 0. The highest BCUT2D eigenvalue weighted by atomic mass is 16.5. The maximum atomic E-state index is 12.2. The van der Waals surface area contributed by atoms with Gasteiger partial charge in [-0.25, -0.2) is 0 Å². The van der Waals surface area contributed by atoms with Gasteiger partial charge >= 0.3 is 0 Å². The van der Waals surface area contributed by atoms with Crippen LogP contribution in [0.5, 0.6) is 0 Å². The molecule has 1 saturated heterocycles. The van der Waals surface area contributed by atoms with Crippen LogP contribution in [0.25, 0.3) is 0 Å². The van der Waals surface area contributed by atoms with Gasteiger partial charge in [0.05, 0.1) is 18.7 Å². The van der Waals surface area contributed by atoms with Gasteiger partial charge in [0.2, 0.25) is 11.8 Å². The average Bonchev–Trinajstić information content (AvgIpc) is 3.08. The highest BCUT2D eigenvalue weighted by Crippen LogP contribution is 2.10. The molecule has 1 fully saturated rings. The molecule has 8 nitrogen and oxygen atoms in total. The quantitative estimate of drug-likeness (QED) is 0.815. The average molecular weight is 305 g/mol. The third-order valence-corrected chi connectivity index (χ3v) is 3.66. The van der Waals surface area contributed by atoms with Crippen LogP contribution in [-0.4, -0.2) is 57.2 Å². The van der Waals surface area contributed by atoms with E-state index in [0.29, 0.717) is 37.1 Å². The van der Waals surface area contributed by atoms with Crippen LogP contribution >= 0.6 is 0 Å². The van der Waals surface area contributed by atoms with Gasteiger partial charge in [-0.3, -0.25) is 9.69 Å². The molecule has 3 rings (SSSR count). The summed E-state index contributed by atoms with van der Waals surface area (Å²) in [4.78, 5) is 20.5. The predicted octanol–water partition coefficient (Wildman–Crippen LogP) is 0.561. The summed E-state index contributed by atoms with van der Waals surface area (Å²) in [7, 11) is 0. The molecule has 1 amide bonds. The zero-order valence-electron chi connectivity index (χ0n) is 12.8. The van der Waals surface area contributed by atoms with Crippen molar-refractivity contribution in [2.45, 2.75) is 26.8 Å². The van der Waals surface area contributed by atoms with E-state index >= 15 is 0 Å². The topological polar surface area (TPSA) is 88.5 Å². The second-order valence-corrected chi connectivity index (χ2v) is 5.50. The Morgan fingerprint density at radius 2 is 1.95 bits per heavy atom. The Morgan fingerprint density at radius 1 is 1.18 bits per heavy atom. The number of rotatable bonds is 4. The maximum Gasteiger partial charge on any atom is 0.230 e. The number of hydrogen-bond acceptors (Lipinski definition) is 7. The van der Waals surface area contributed by atoms with E-state index < -0.39 is 0 Å². The third-order valence-electron chi connectivity index (χ3n) is 3.66. The van der Waals surface area contributed by atoms with Gasteiger partial charge in [-0.1, -0.05) is 10.3 Å². The monoisotopic (exact) mass is 305 g/mol. The van der Waals surface area contributed by atoms with E-state index in [-0.39, 0.29) is 12.3 Å². The maximum absolute atomic E-state index is 12.2. The molecule has 118 valence electrons. The van der Waals surface area contributed by atoms with Gasteiger partial charge in [0.15, 0.2) is 5.82 Å². The molecule has 0 spiro atoms. The predicted molar refractivity (Wildman–Crippen MR) is 75.8 cm³/mol. The lowest BCUT2D eigenvalue weighted by atomic mass is 10.2. The zero-order chi connectivity index (χ0) is 15.5. The van der Waals surface area contributed by atoms with Crippen LogP contribution in [0, 0.1) is 13.8 Å². The van der Waals surface area contributed by atoms with Crippen molar-refractivity contribution >= 4 is 5.91 Å². The van der Waals surface area contributed by atoms with Crippen LogP contribution in [0.15, 0.2) is 15.1 Å². The number of hydrogen-bond donors (Lipinski definition) is 0. The number of piperazine rings is 1. The number of aryl methyl sites for hydroxylation is 2. The molecule has 8 heteroatoms. The molecule has 0 saturated carbocycles. The molecule has 1 aliphatic heterocycles. The fourth-order valence-electron chi connectivity index (χ4n) is 2.52. The van der Waals surface area contributed by atoms with Gasteiger partial charge in [-0.2, -0.15) is 4.98 Å². The highest BCUT2D eigenvalue weighted by molar-refractivity contribution is 5.78. The molecule has 3 heterocycles. The van der Waals surface area contributed by atoms with Crippen molar-refractivity contribution in [2.24, 2.45) is 0 Å². The van der Waals surface area contributed by atoms with Crippen LogP contribution in [-0.2, 0) is 17.8 Å². The minimum absolute atomic E-state index is 0.0752. The Labute approximate surface area is 128 Å². The summed E-state index contributed by atoms with van der Waals surface area (Å²) in [6, 6.07) is 1.80. The summed E-state index contributed by atoms with van der Waals surface area (Å²) in [5.41, 5.74) is 0.794. The van der Waals surface area contributed by atoms with E-state index in [2.05, 4.69) is 20.2 Å².